The van der Waals surface area contributed by atoms with Gasteiger partial charge in [0, 0.05) is 12.6 Å². The molecule has 1 saturated carbocycles. The van der Waals surface area contributed by atoms with Crippen molar-refractivity contribution in [3.8, 4) is 0 Å². The highest BCUT2D eigenvalue weighted by atomic mass is 16.6. The van der Waals surface area contributed by atoms with Gasteiger partial charge in [0.2, 0.25) is 0 Å². The number of carboxylic acid groups (broad SMARTS) is 1. The van der Waals surface area contributed by atoms with E-state index in [4.69, 9.17) is 9.84 Å². The Bertz CT molecular complexity index is 361. The predicted octanol–water partition coefficient (Wildman–Crippen LogP) is 2.23. The van der Waals surface area contributed by atoms with Gasteiger partial charge in [0.25, 0.3) is 0 Å². The molecule has 1 aliphatic carbocycles. The van der Waals surface area contributed by atoms with Gasteiger partial charge < -0.3 is 20.1 Å². The van der Waals surface area contributed by atoms with Crippen LogP contribution in [0.5, 0.6) is 0 Å². The molecule has 1 amide bonds. The lowest BCUT2D eigenvalue weighted by Crippen LogP contribution is -2.41. The van der Waals surface area contributed by atoms with Gasteiger partial charge in [-0.15, -0.1) is 0 Å². The number of hydrogen-bond donors (Lipinski definition) is 2. The SMILES string of the molecule is CCC(NCCCN(C(=O)OC(C)(C)C)C1CC1)C(=O)O. The molecule has 0 aromatic heterocycles. The Hall–Kier alpha value is -1.30. The van der Waals surface area contributed by atoms with Crippen molar-refractivity contribution in [2.24, 2.45) is 0 Å². The van der Waals surface area contributed by atoms with E-state index >= 15 is 0 Å². The van der Waals surface area contributed by atoms with Crippen LogP contribution in [0.3, 0.4) is 0 Å². The van der Waals surface area contributed by atoms with E-state index in [1.54, 1.807) is 4.90 Å². The number of rotatable bonds is 8. The van der Waals surface area contributed by atoms with E-state index in [0.717, 1.165) is 19.3 Å². The number of hydrogen-bond acceptors (Lipinski definition) is 4. The Morgan fingerprint density at radius 1 is 1.38 bits per heavy atom. The maximum absolute atomic E-state index is 12.1. The Morgan fingerprint density at radius 3 is 2.43 bits per heavy atom. The first kappa shape index (κ1) is 17.8. The molecule has 0 aliphatic heterocycles. The lowest BCUT2D eigenvalue weighted by atomic mass is 10.2. The normalized spacial score (nSPS) is 16.4. The topological polar surface area (TPSA) is 78.9 Å². The van der Waals surface area contributed by atoms with Crippen LogP contribution < -0.4 is 5.32 Å². The second kappa shape index (κ2) is 7.64. The summed E-state index contributed by atoms with van der Waals surface area (Å²) in [6, 6.07) is -0.220. The molecule has 0 spiro atoms. The predicted molar refractivity (Wildman–Crippen MR) is 80.3 cm³/mol. The Kier molecular flexibility index (Phi) is 6.45. The fourth-order valence-corrected chi connectivity index (χ4v) is 2.06. The molecule has 122 valence electrons. The number of amides is 1. The van der Waals surface area contributed by atoms with Crippen LogP contribution in [0.1, 0.15) is 53.4 Å². The third-order valence-electron chi connectivity index (χ3n) is 3.29. The van der Waals surface area contributed by atoms with Gasteiger partial charge in [0.05, 0.1) is 0 Å². The first-order valence-electron chi connectivity index (χ1n) is 7.70. The van der Waals surface area contributed by atoms with Crippen LogP contribution in [-0.4, -0.2) is 52.8 Å². The highest BCUT2D eigenvalue weighted by Gasteiger charge is 2.34. The summed E-state index contributed by atoms with van der Waals surface area (Å²) in [6.45, 7) is 8.59. The van der Waals surface area contributed by atoms with Crippen molar-refractivity contribution in [3.63, 3.8) is 0 Å². The highest BCUT2D eigenvalue weighted by molar-refractivity contribution is 5.73. The molecule has 6 nitrogen and oxygen atoms in total. The standard InChI is InChI=1S/C15H28N2O4/c1-5-12(13(18)19)16-9-6-10-17(11-7-8-11)14(20)21-15(2,3)4/h11-12,16H,5-10H2,1-4H3,(H,18,19). The van der Waals surface area contributed by atoms with Gasteiger partial charge in [-0.3, -0.25) is 4.79 Å². The molecule has 2 N–H and O–H groups in total. The Morgan fingerprint density at radius 2 is 2.00 bits per heavy atom. The van der Waals surface area contributed by atoms with Crippen LogP contribution in [0, 0.1) is 0 Å². The zero-order valence-corrected chi connectivity index (χ0v) is 13.5. The van der Waals surface area contributed by atoms with Gasteiger partial charge in [-0.25, -0.2) is 4.79 Å². The lowest BCUT2D eigenvalue weighted by Gasteiger charge is -2.27. The molecule has 1 atom stereocenters. The maximum atomic E-state index is 12.1. The van der Waals surface area contributed by atoms with E-state index in [0.29, 0.717) is 25.6 Å². The Labute approximate surface area is 126 Å². The summed E-state index contributed by atoms with van der Waals surface area (Å²) < 4.78 is 5.41. The average molecular weight is 300 g/mol. The molecule has 0 aromatic carbocycles. The first-order valence-corrected chi connectivity index (χ1v) is 7.70. The van der Waals surface area contributed by atoms with Crippen molar-refractivity contribution in [1.82, 2.24) is 10.2 Å². The maximum Gasteiger partial charge on any atom is 0.410 e. The second-order valence-electron chi connectivity index (χ2n) is 6.51. The highest BCUT2D eigenvalue weighted by Crippen LogP contribution is 2.28. The average Bonchev–Trinajstić information content (AvgIpc) is 3.15. The molecule has 1 fully saturated rings. The van der Waals surface area contributed by atoms with Crippen molar-refractivity contribution in [2.75, 3.05) is 13.1 Å². The minimum atomic E-state index is -0.830. The molecule has 0 heterocycles. The van der Waals surface area contributed by atoms with Crippen LogP contribution in [0.25, 0.3) is 0 Å². The van der Waals surface area contributed by atoms with Gasteiger partial charge in [0.15, 0.2) is 0 Å². The second-order valence-corrected chi connectivity index (χ2v) is 6.51. The summed E-state index contributed by atoms with van der Waals surface area (Å²) in [6.07, 6.45) is 3.06. The molecule has 0 aromatic rings. The summed E-state index contributed by atoms with van der Waals surface area (Å²) in [5, 5.41) is 11.9. The van der Waals surface area contributed by atoms with E-state index in [1.807, 2.05) is 27.7 Å². The number of aliphatic carboxylic acids is 1. The molecule has 0 bridgehead atoms. The summed E-state index contributed by atoms with van der Waals surface area (Å²) in [4.78, 5) is 24.8. The van der Waals surface area contributed by atoms with Crippen LogP contribution >= 0.6 is 0 Å². The summed E-state index contributed by atoms with van der Waals surface area (Å²) in [7, 11) is 0. The monoisotopic (exact) mass is 300 g/mol. The van der Waals surface area contributed by atoms with E-state index < -0.39 is 17.6 Å². The minimum Gasteiger partial charge on any atom is -0.480 e. The smallest absolute Gasteiger partial charge is 0.410 e. The van der Waals surface area contributed by atoms with Crippen molar-refractivity contribution in [2.45, 2.75) is 71.1 Å². The van der Waals surface area contributed by atoms with Crippen molar-refractivity contribution < 1.29 is 19.4 Å². The van der Waals surface area contributed by atoms with Crippen molar-refractivity contribution in [1.29, 1.82) is 0 Å². The number of nitrogens with zero attached hydrogens (tertiary/aromatic N) is 1. The first-order chi connectivity index (χ1) is 9.74. The molecular weight excluding hydrogens is 272 g/mol. The van der Waals surface area contributed by atoms with Crippen LogP contribution in [0.15, 0.2) is 0 Å². The summed E-state index contributed by atoms with van der Waals surface area (Å²) >= 11 is 0. The number of carboxylic acids is 1. The van der Waals surface area contributed by atoms with Crippen LogP contribution in [0.2, 0.25) is 0 Å². The van der Waals surface area contributed by atoms with Gasteiger partial charge in [-0.2, -0.15) is 0 Å². The molecule has 21 heavy (non-hydrogen) atoms. The van der Waals surface area contributed by atoms with E-state index in [1.165, 1.54) is 0 Å². The fourth-order valence-electron chi connectivity index (χ4n) is 2.06. The third-order valence-corrected chi connectivity index (χ3v) is 3.29. The molecule has 0 saturated heterocycles. The molecule has 6 heteroatoms. The number of nitrogens with one attached hydrogen (secondary N) is 1. The zero-order chi connectivity index (χ0) is 16.0. The zero-order valence-electron chi connectivity index (χ0n) is 13.5. The van der Waals surface area contributed by atoms with Gasteiger partial charge in [-0.05, 0) is 53.0 Å². The van der Waals surface area contributed by atoms with Crippen LogP contribution in [-0.2, 0) is 9.53 Å². The summed E-state index contributed by atoms with van der Waals surface area (Å²) in [5.41, 5.74) is -0.487. The quantitative estimate of drug-likeness (QED) is 0.672. The largest absolute Gasteiger partial charge is 0.480 e. The minimum absolute atomic E-state index is 0.268. The number of carbonyl (C=O) groups excluding carboxylic acids is 1. The Balaban J connectivity index is 2.35. The molecular formula is C15H28N2O4. The van der Waals surface area contributed by atoms with Crippen LogP contribution in [0.4, 0.5) is 4.79 Å². The van der Waals surface area contributed by atoms with Crippen molar-refractivity contribution in [3.05, 3.63) is 0 Å². The van der Waals surface area contributed by atoms with Gasteiger partial charge in [-0.1, -0.05) is 6.92 Å². The molecule has 0 radical (unpaired) electrons. The van der Waals surface area contributed by atoms with E-state index in [2.05, 4.69) is 5.32 Å². The van der Waals surface area contributed by atoms with Crippen molar-refractivity contribution >= 4 is 12.1 Å². The number of carbonyl (C=O) groups is 2. The van der Waals surface area contributed by atoms with E-state index in [9.17, 15) is 9.59 Å². The molecule has 1 rings (SSSR count). The molecule has 1 aliphatic rings. The summed E-state index contributed by atoms with van der Waals surface area (Å²) in [5.74, 6) is -0.830. The number of ether oxygens (including phenoxy) is 1. The lowest BCUT2D eigenvalue weighted by molar-refractivity contribution is -0.139. The van der Waals surface area contributed by atoms with Gasteiger partial charge in [0.1, 0.15) is 11.6 Å². The van der Waals surface area contributed by atoms with E-state index in [-0.39, 0.29) is 6.09 Å². The molecule has 1 unspecified atom stereocenters. The van der Waals surface area contributed by atoms with Gasteiger partial charge >= 0.3 is 12.1 Å². The fraction of sp³-hybridized carbons (Fsp3) is 0.867. The third kappa shape index (κ3) is 6.80.